The smallest absolute Gasteiger partial charge is 0.143 e. The van der Waals surface area contributed by atoms with Crippen LogP contribution in [0, 0.1) is 0 Å². The highest BCUT2D eigenvalue weighted by Gasteiger charge is 2.24. The first-order valence-electron chi connectivity index (χ1n) is 5.37. The van der Waals surface area contributed by atoms with Crippen LogP contribution in [0.2, 0.25) is 0 Å². The van der Waals surface area contributed by atoms with E-state index in [2.05, 4.69) is 24.8 Å². The molecule has 0 N–H and O–H groups in total. The molecule has 1 heteroatoms. The Bertz CT molecular complexity index is 532. The van der Waals surface area contributed by atoms with Gasteiger partial charge >= 0.3 is 0 Å². The van der Waals surface area contributed by atoms with Gasteiger partial charge in [-0.25, -0.2) is 0 Å². The molecule has 1 unspecified atom stereocenters. The molecule has 0 aromatic heterocycles. The molecule has 1 nitrogen and oxygen atoms in total. The van der Waals surface area contributed by atoms with Crippen molar-refractivity contribution in [2.24, 2.45) is 0 Å². The minimum Gasteiger partial charge on any atom is -0.481 e. The lowest BCUT2D eigenvalue weighted by Gasteiger charge is -2.28. The first-order valence-corrected chi connectivity index (χ1v) is 5.37. The van der Waals surface area contributed by atoms with Crippen molar-refractivity contribution in [3.8, 4) is 5.75 Å². The van der Waals surface area contributed by atoms with Crippen molar-refractivity contribution in [1.82, 2.24) is 0 Å². The number of hydrogen-bond acceptors (Lipinski definition) is 1. The zero-order chi connectivity index (χ0) is 11.0. The first kappa shape index (κ1) is 9.22. The van der Waals surface area contributed by atoms with Crippen LogP contribution in [0.25, 0.3) is 5.57 Å². The van der Waals surface area contributed by atoms with E-state index in [0.717, 1.165) is 11.3 Å². The monoisotopic (exact) mass is 208 g/mol. The molecule has 1 aromatic carbocycles. The highest BCUT2D eigenvalue weighted by Crippen LogP contribution is 2.38. The zero-order valence-electron chi connectivity index (χ0n) is 8.89. The third-order valence-corrected chi connectivity index (χ3v) is 2.93. The van der Waals surface area contributed by atoms with E-state index in [4.69, 9.17) is 4.74 Å². The van der Waals surface area contributed by atoms with Gasteiger partial charge in [-0.2, -0.15) is 0 Å². The second-order valence-corrected chi connectivity index (χ2v) is 3.85. The molecule has 1 heterocycles. The normalized spacial score (nSPS) is 21.1. The fourth-order valence-electron chi connectivity index (χ4n) is 2.18. The highest BCUT2D eigenvalue weighted by atomic mass is 16.5. The maximum absolute atomic E-state index is 5.92. The van der Waals surface area contributed by atoms with Crippen molar-refractivity contribution in [3.63, 3.8) is 0 Å². The zero-order valence-corrected chi connectivity index (χ0v) is 8.89. The fourth-order valence-corrected chi connectivity index (χ4v) is 2.18. The second-order valence-electron chi connectivity index (χ2n) is 3.85. The van der Waals surface area contributed by atoms with E-state index in [1.165, 1.54) is 11.1 Å². The molecular formula is C15H12O. The van der Waals surface area contributed by atoms with Gasteiger partial charge in [0.2, 0.25) is 0 Å². The summed E-state index contributed by atoms with van der Waals surface area (Å²) in [5, 5.41) is 0. The summed E-state index contributed by atoms with van der Waals surface area (Å²) in [5.74, 6) is 0.936. The number of para-hydroxylation sites is 1. The van der Waals surface area contributed by atoms with Crippen LogP contribution in [0.5, 0.6) is 5.75 Å². The summed E-state index contributed by atoms with van der Waals surface area (Å²) in [6.45, 7) is 3.90. The number of fused-ring (bicyclic) bond motifs is 2. The first-order chi connectivity index (χ1) is 7.90. The van der Waals surface area contributed by atoms with Crippen LogP contribution in [-0.4, -0.2) is 6.10 Å². The fraction of sp³-hybridized carbons (Fsp3) is 0.0667. The molecule has 1 atom stereocenters. The average Bonchev–Trinajstić information content (AvgIpc) is 2.36. The summed E-state index contributed by atoms with van der Waals surface area (Å²) in [6, 6.07) is 8.09. The largest absolute Gasteiger partial charge is 0.481 e. The Balaban J connectivity index is 2.25. The van der Waals surface area contributed by atoms with E-state index < -0.39 is 0 Å². The minimum absolute atomic E-state index is 0.0351. The topological polar surface area (TPSA) is 9.23 Å². The molecule has 1 aromatic rings. The van der Waals surface area contributed by atoms with Crippen molar-refractivity contribution in [2.45, 2.75) is 6.10 Å². The Morgan fingerprint density at radius 3 is 2.94 bits per heavy atom. The Labute approximate surface area is 95.1 Å². The van der Waals surface area contributed by atoms with Crippen molar-refractivity contribution >= 4 is 5.57 Å². The third kappa shape index (κ3) is 1.25. The quantitative estimate of drug-likeness (QED) is 0.686. The predicted molar refractivity (Wildman–Crippen MR) is 66.3 cm³/mol. The number of hydrogen-bond donors (Lipinski definition) is 0. The standard InChI is InChI=1S/C15H12O/c1-2-11-12-7-3-5-9-14(12)16-15-10-6-4-8-13(11)15/h2-10,14H,1H2. The molecular weight excluding hydrogens is 196 g/mol. The molecule has 16 heavy (non-hydrogen) atoms. The van der Waals surface area contributed by atoms with E-state index in [9.17, 15) is 0 Å². The summed E-state index contributed by atoms with van der Waals surface area (Å²) >= 11 is 0. The van der Waals surface area contributed by atoms with Gasteiger partial charge in [-0.3, -0.25) is 0 Å². The van der Waals surface area contributed by atoms with Gasteiger partial charge in [0, 0.05) is 11.1 Å². The Kier molecular flexibility index (Phi) is 2.03. The molecule has 0 saturated carbocycles. The lowest BCUT2D eigenvalue weighted by molar-refractivity contribution is 0.282. The van der Waals surface area contributed by atoms with E-state index >= 15 is 0 Å². The summed E-state index contributed by atoms with van der Waals surface area (Å²) in [5.41, 5.74) is 3.49. The molecule has 0 fully saturated rings. The molecule has 0 radical (unpaired) electrons. The van der Waals surface area contributed by atoms with Crippen LogP contribution in [0.3, 0.4) is 0 Å². The van der Waals surface area contributed by atoms with Gasteiger partial charge in [-0.05, 0) is 17.7 Å². The van der Waals surface area contributed by atoms with E-state index in [0.29, 0.717) is 0 Å². The van der Waals surface area contributed by atoms with Gasteiger partial charge in [0.15, 0.2) is 0 Å². The van der Waals surface area contributed by atoms with Gasteiger partial charge in [0.25, 0.3) is 0 Å². The van der Waals surface area contributed by atoms with E-state index in [1.54, 1.807) is 0 Å². The Morgan fingerprint density at radius 1 is 1.19 bits per heavy atom. The summed E-state index contributed by atoms with van der Waals surface area (Å²) in [7, 11) is 0. The van der Waals surface area contributed by atoms with E-state index in [-0.39, 0.29) is 6.10 Å². The van der Waals surface area contributed by atoms with Gasteiger partial charge < -0.3 is 4.74 Å². The summed E-state index contributed by atoms with van der Waals surface area (Å²) in [6.07, 6.45) is 10.2. The van der Waals surface area contributed by atoms with Crippen molar-refractivity contribution in [1.29, 1.82) is 0 Å². The molecule has 1 aliphatic heterocycles. The number of rotatable bonds is 1. The molecule has 78 valence electrons. The maximum atomic E-state index is 5.92. The lowest BCUT2D eigenvalue weighted by atomic mass is 9.90. The number of allylic oxidation sites excluding steroid dienone is 4. The molecule has 0 spiro atoms. The average molecular weight is 208 g/mol. The van der Waals surface area contributed by atoms with Gasteiger partial charge in [-0.15, -0.1) is 0 Å². The highest BCUT2D eigenvalue weighted by molar-refractivity contribution is 5.84. The molecule has 2 aliphatic rings. The molecule has 1 aliphatic carbocycles. The van der Waals surface area contributed by atoms with Crippen LogP contribution in [0.1, 0.15) is 5.56 Å². The maximum Gasteiger partial charge on any atom is 0.143 e. The third-order valence-electron chi connectivity index (χ3n) is 2.93. The minimum atomic E-state index is 0.0351. The molecule has 0 amide bonds. The van der Waals surface area contributed by atoms with Crippen LogP contribution >= 0.6 is 0 Å². The van der Waals surface area contributed by atoms with Gasteiger partial charge in [0.1, 0.15) is 11.9 Å². The number of ether oxygens (including phenoxy) is 1. The SMILES string of the molecule is C=CC1=C2C=CC=CC2Oc2ccccc21. The lowest BCUT2D eigenvalue weighted by Crippen LogP contribution is -2.22. The Hall–Kier alpha value is -2.02. The predicted octanol–water partition coefficient (Wildman–Crippen LogP) is 3.51. The summed E-state index contributed by atoms with van der Waals surface area (Å²) < 4.78 is 5.92. The second kappa shape index (κ2) is 3.53. The van der Waals surface area contributed by atoms with Crippen molar-refractivity contribution in [2.75, 3.05) is 0 Å². The van der Waals surface area contributed by atoms with Crippen molar-refractivity contribution in [3.05, 3.63) is 72.4 Å². The van der Waals surface area contributed by atoms with Gasteiger partial charge in [-0.1, -0.05) is 49.1 Å². The molecule has 0 bridgehead atoms. The van der Waals surface area contributed by atoms with Crippen LogP contribution in [0.4, 0.5) is 0 Å². The summed E-state index contributed by atoms with van der Waals surface area (Å²) in [4.78, 5) is 0. The van der Waals surface area contributed by atoms with Crippen molar-refractivity contribution < 1.29 is 4.74 Å². The van der Waals surface area contributed by atoms with Crippen LogP contribution in [0.15, 0.2) is 66.8 Å². The van der Waals surface area contributed by atoms with E-state index in [1.807, 2.05) is 36.4 Å². The van der Waals surface area contributed by atoms with Gasteiger partial charge in [0.05, 0.1) is 0 Å². The number of benzene rings is 1. The molecule has 3 rings (SSSR count). The van der Waals surface area contributed by atoms with Crippen LogP contribution in [-0.2, 0) is 0 Å². The Morgan fingerprint density at radius 2 is 2.06 bits per heavy atom. The molecule has 0 saturated heterocycles. The van der Waals surface area contributed by atoms with Crippen LogP contribution < -0.4 is 4.74 Å².